The van der Waals surface area contributed by atoms with Gasteiger partial charge in [0.25, 0.3) is 11.5 Å². The van der Waals surface area contributed by atoms with E-state index in [4.69, 9.17) is 0 Å². The summed E-state index contributed by atoms with van der Waals surface area (Å²) in [5, 5.41) is 2.67. The molecule has 0 spiro atoms. The minimum Gasteiger partial charge on any atom is -0.348 e. The SMILES string of the molecule is Cc1ccn(-c2cccc(C(F)(F)F)c2)c(=O)c1C(=O)NCc1ccc2c(c1)CCS2(O)O. The van der Waals surface area contributed by atoms with Gasteiger partial charge in [0, 0.05) is 24.2 Å². The highest BCUT2D eigenvalue weighted by molar-refractivity contribution is 8.24. The maximum Gasteiger partial charge on any atom is 0.416 e. The van der Waals surface area contributed by atoms with E-state index in [1.165, 1.54) is 24.4 Å². The second-order valence-electron chi connectivity index (χ2n) is 7.84. The first-order chi connectivity index (χ1) is 15.5. The number of rotatable bonds is 4. The molecule has 1 aliphatic heterocycles. The van der Waals surface area contributed by atoms with E-state index in [0.29, 0.717) is 16.9 Å². The van der Waals surface area contributed by atoms with Crippen LogP contribution in [-0.4, -0.2) is 25.3 Å². The third-order valence-electron chi connectivity index (χ3n) is 5.57. The average molecular weight is 478 g/mol. The van der Waals surface area contributed by atoms with Crippen LogP contribution in [0.15, 0.2) is 64.4 Å². The average Bonchev–Trinajstić information content (AvgIpc) is 3.06. The quantitative estimate of drug-likeness (QED) is 0.504. The molecule has 1 aliphatic rings. The van der Waals surface area contributed by atoms with Crippen molar-refractivity contribution in [1.82, 2.24) is 9.88 Å². The van der Waals surface area contributed by atoms with Crippen molar-refractivity contribution in [1.29, 1.82) is 0 Å². The second-order valence-corrected chi connectivity index (χ2v) is 10.0. The Bertz CT molecular complexity index is 1300. The first kappa shape index (κ1) is 23.1. The minimum absolute atomic E-state index is 0.00138. The van der Waals surface area contributed by atoms with E-state index >= 15 is 0 Å². The molecule has 1 amide bonds. The Hall–Kier alpha value is -3.08. The zero-order valence-corrected chi connectivity index (χ0v) is 18.3. The lowest BCUT2D eigenvalue weighted by Gasteiger charge is -2.27. The van der Waals surface area contributed by atoms with Crippen molar-refractivity contribution in [3.8, 4) is 5.69 Å². The number of carbonyl (C=O) groups is 1. The van der Waals surface area contributed by atoms with Crippen LogP contribution in [0.3, 0.4) is 0 Å². The third kappa shape index (κ3) is 4.54. The number of nitrogens with one attached hydrogen (secondary N) is 1. The Morgan fingerprint density at radius 3 is 2.64 bits per heavy atom. The maximum absolute atomic E-state index is 13.1. The Balaban J connectivity index is 1.59. The van der Waals surface area contributed by atoms with E-state index in [0.717, 1.165) is 27.8 Å². The molecule has 0 bridgehead atoms. The van der Waals surface area contributed by atoms with Crippen LogP contribution in [0.4, 0.5) is 13.2 Å². The lowest BCUT2D eigenvalue weighted by Crippen LogP contribution is -2.33. The number of aromatic nitrogens is 1. The molecule has 2 aromatic carbocycles. The molecule has 0 fully saturated rings. The lowest BCUT2D eigenvalue weighted by atomic mass is 10.1. The second kappa shape index (κ2) is 8.36. The standard InChI is InChI=1S/C23H21F3N2O4S/c1-14-7-9-28(18-4-2-3-17(12-18)23(24,25)26)22(30)20(14)21(29)27-13-15-5-6-19-16(11-15)8-10-33(19,31)32/h2-7,9,11-12,31-32H,8,10,13H2,1H3,(H,27,29). The molecule has 2 heterocycles. The van der Waals surface area contributed by atoms with Crippen LogP contribution in [0.1, 0.15) is 32.6 Å². The zero-order valence-electron chi connectivity index (χ0n) is 17.5. The summed E-state index contributed by atoms with van der Waals surface area (Å²) in [6.07, 6.45) is -2.70. The van der Waals surface area contributed by atoms with Gasteiger partial charge in [-0.1, -0.05) is 18.2 Å². The molecule has 0 aliphatic carbocycles. The highest BCUT2D eigenvalue weighted by atomic mass is 32.3. The molecule has 3 aromatic rings. The van der Waals surface area contributed by atoms with Crippen molar-refractivity contribution >= 4 is 16.5 Å². The number of carbonyl (C=O) groups excluding carboxylic acids is 1. The first-order valence-electron chi connectivity index (χ1n) is 10.0. The van der Waals surface area contributed by atoms with Crippen molar-refractivity contribution in [3.05, 3.63) is 92.9 Å². The van der Waals surface area contributed by atoms with Crippen molar-refractivity contribution in [3.63, 3.8) is 0 Å². The van der Waals surface area contributed by atoms with Crippen LogP contribution >= 0.6 is 10.6 Å². The predicted molar refractivity (Wildman–Crippen MR) is 119 cm³/mol. The zero-order chi connectivity index (χ0) is 24.0. The van der Waals surface area contributed by atoms with Gasteiger partial charge in [0.2, 0.25) is 0 Å². The molecular formula is C23H21F3N2O4S. The van der Waals surface area contributed by atoms with Gasteiger partial charge >= 0.3 is 6.18 Å². The Kier molecular flexibility index (Phi) is 5.85. The number of nitrogens with zero attached hydrogens (tertiary/aromatic N) is 1. The summed E-state index contributed by atoms with van der Waals surface area (Å²) in [7, 11) is -2.75. The normalized spacial score (nSPS) is 15.7. The first-order valence-corrected chi connectivity index (χ1v) is 11.7. The van der Waals surface area contributed by atoms with Crippen LogP contribution in [0.5, 0.6) is 0 Å². The third-order valence-corrected chi connectivity index (χ3v) is 7.44. The number of hydrogen-bond acceptors (Lipinski definition) is 4. The fraction of sp³-hybridized carbons (Fsp3) is 0.217. The number of halogens is 3. The smallest absolute Gasteiger partial charge is 0.348 e. The number of benzene rings is 2. The molecule has 33 heavy (non-hydrogen) atoms. The summed E-state index contributed by atoms with van der Waals surface area (Å²) in [6, 6.07) is 10.9. The van der Waals surface area contributed by atoms with Crippen molar-refractivity contribution in [2.75, 3.05) is 5.75 Å². The molecule has 0 radical (unpaired) electrons. The number of aryl methyl sites for hydroxylation is 2. The summed E-state index contributed by atoms with van der Waals surface area (Å²) < 4.78 is 60.2. The molecule has 0 saturated carbocycles. The van der Waals surface area contributed by atoms with Gasteiger partial charge in [0.15, 0.2) is 0 Å². The van der Waals surface area contributed by atoms with Gasteiger partial charge in [0.1, 0.15) is 5.56 Å². The Morgan fingerprint density at radius 1 is 1.15 bits per heavy atom. The van der Waals surface area contributed by atoms with Gasteiger partial charge in [-0.2, -0.15) is 23.8 Å². The minimum atomic E-state index is -4.56. The largest absolute Gasteiger partial charge is 0.416 e. The van der Waals surface area contributed by atoms with Gasteiger partial charge in [0.05, 0.1) is 10.5 Å². The fourth-order valence-corrected chi connectivity index (χ4v) is 5.42. The van der Waals surface area contributed by atoms with Crippen LogP contribution in [0, 0.1) is 6.92 Å². The maximum atomic E-state index is 13.1. The highest BCUT2D eigenvalue weighted by Crippen LogP contribution is 2.54. The van der Waals surface area contributed by atoms with Gasteiger partial charge in [-0.25, -0.2) is 0 Å². The monoisotopic (exact) mass is 478 g/mol. The summed E-state index contributed by atoms with van der Waals surface area (Å²) in [6.45, 7) is 1.68. The number of hydrogen-bond donors (Lipinski definition) is 3. The summed E-state index contributed by atoms with van der Waals surface area (Å²) in [4.78, 5) is 26.3. The van der Waals surface area contributed by atoms with Crippen LogP contribution < -0.4 is 10.9 Å². The van der Waals surface area contributed by atoms with Crippen LogP contribution in [0.25, 0.3) is 5.69 Å². The number of alkyl halides is 3. The fourth-order valence-electron chi connectivity index (χ4n) is 3.83. The van der Waals surface area contributed by atoms with E-state index in [1.54, 1.807) is 25.1 Å². The Labute approximate surface area is 189 Å². The molecule has 4 rings (SSSR count). The molecule has 174 valence electrons. The molecular weight excluding hydrogens is 457 g/mol. The molecule has 0 unspecified atom stereocenters. The molecule has 10 heteroatoms. The van der Waals surface area contributed by atoms with Gasteiger partial charge in [-0.3, -0.25) is 23.3 Å². The van der Waals surface area contributed by atoms with E-state index in [1.807, 2.05) is 0 Å². The predicted octanol–water partition coefficient (Wildman–Crippen LogP) is 4.76. The van der Waals surface area contributed by atoms with E-state index in [-0.39, 0.29) is 23.5 Å². The Morgan fingerprint density at radius 2 is 1.91 bits per heavy atom. The van der Waals surface area contributed by atoms with Crippen LogP contribution in [0.2, 0.25) is 0 Å². The number of pyridine rings is 1. The van der Waals surface area contributed by atoms with Crippen molar-refractivity contribution in [2.24, 2.45) is 0 Å². The molecule has 1 aromatic heterocycles. The topological polar surface area (TPSA) is 91.6 Å². The molecule has 0 saturated heterocycles. The number of amides is 1. The van der Waals surface area contributed by atoms with Crippen molar-refractivity contribution < 1.29 is 27.1 Å². The molecule has 6 nitrogen and oxygen atoms in total. The van der Waals surface area contributed by atoms with Gasteiger partial charge in [-0.05, 0) is 60.4 Å². The van der Waals surface area contributed by atoms with Crippen LogP contribution in [-0.2, 0) is 19.1 Å². The van der Waals surface area contributed by atoms with Gasteiger partial charge < -0.3 is 5.32 Å². The van der Waals surface area contributed by atoms with Gasteiger partial charge in [-0.15, -0.1) is 0 Å². The summed E-state index contributed by atoms with van der Waals surface area (Å²) in [5.74, 6) is -0.375. The van der Waals surface area contributed by atoms with Crippen molar-refractivity contribution in [2.45, 2.75) is 31.0 Å². The highest BCUT2D eigenvalue weighted by Gasteiger charge is 2.31. The summed E-state index contributed by atoms with van der Waals surface area (Å²) in [5.41, 5.74) is 0.146. The van der Waals surface area contributed by atoms with E-state index < -0.39 is 33.8 Å². The molecule has 0 atom stereocenters. The van der Waals surface area contributed by atoms with E-state index in [9.17, 15) is 31.9 Å². The summed E-state index contributed by atoms with van der Waals surface area (Å²) >= 11 is 0. The van der Waals surface area contributed by atoms with E-state index in [2.05, 4.69) is 5.32 Å². The number of fused-ring (bicyclic) bond motifs is 1. The molecule has 3 N–H and O–H groups in total. The lowest BCUT2D eigenvalue weighted by molar-refractivity contribution is -0.137.